The van der Waals surface area contributed by atoms with Gasteiger partial charge in [0.15, 0.2) is 17.3 Å². The molecule has 2 aromatic heterocycles. The number of carbonyl (C=O) groups excluding carboxylic acids is 1. The van der Waals surface area contributed by atoms with Crippen LogP contribution in [0.2, 0.25) is 0 Å². The van der Waals surface area contributed by atoms with Crippen LogP contribution >= 0.6 is 0 Å². The molecule has 0 saturated carbocycles. The molecule has 0 atom stereocenters. The Bertz CT molecular complexity index is 1340. The van der Waals surface area contributed by atoms with Crippen molar-refractivity contribution in [1.82, 2.24) is 19.9 Å². The summed E-state index contributed by atoms with van der Waals surface area (Å²) in [6.45, 7) is 2.77. The molecule has 0 bridgehead atoms. The number of nitrogens with zero attached hydrogens (tertiary/aromatic N) is 5. The number of pyridine rings is 1. The van der Waals surface area contributed by atoms with Gasteiger partial charge >= 0.3 is 0 Å². The Kier molecular flexibility index (Phi) is 4.75. The molecule has 0 unspecified atom stereocenters. The summed E-state index contributed by atoms with van der Waals surface area (Å²) in [5, 5.41) is 1.00. The molecule has 164 valence electrons. The summed E-state index contributed by atoms with van der Waals surface area (Å²) in [7, 11) is 0. The number of fused-ring (bicyclic) bond motifs is 2. The number of hydrogen-bond donors (Lipinski definition) is 0. The molecule has 4 aromatic rings. The lowest BCUT2D eigenvalue weighted by atomic mass is 10.1. The van der Waals surface area contributed by atoms with Crippen LogP contribution in [0.25, 0.3) is 22.3 Å². The van der Waals surface area contributed by atoms with Gasteiger partial charge in [-0.25, -0.2) is 9.97 Å². The Hall–Kier alpha value is -4.20. The van der Waals surface area contributed by atoms with Gasteiger partial charge in [0.05, 0.1) is 5.52 Å². The van der Waals surface area contributed by atoms with Crippen LogP contribution in [0.4, 0.5) is 5.82 Å². The first-order valence-corrected chi connectivity index (χ1v) is 10.9. The van der Waals surface area contributed by atoms with E-state index in [4.69, 9.17) is 19.4 Å². The minimum Gasteiger partial charge on any atom is -0.454 e. The lowest BCUT2D eigenvalue weighted by Crippen LogP contribution is -2.49. The topological polar surface area (TPSA) is 80.7 Å². The van der Waals surface area contributed by atoms with Crippen LogP contribution in [-0.2, 0) is 0 Å². The average molecular weight is 439 g/mol. The second-order valence-electron chi connectivity index (χ2n) is 7.98. The van der Waals surface area contributed by atoms with E-state index in [0.717, 1.165) is 22.3 Å². The molecule has 2 aliphatic rings. The molecule has 8 heteroatoms. The molecular weight excluding hydrogens is 418 g/mol. The number of ether oxygens (including phenoxy) is 2. The van der Waals surface area contributed by atoms with Crippen molar-refractivity contribution in [2.45, 2.75) is 0 Å². The standard InChI is InChI=1S/C25H21N5O3/c31-25(17-7-8-21-22(14-17)33-16-32-21)30-12-10-29(11-13-30)24-19-5-1-2-6-20(19)27-23(28-24)18-4-3-9-26-15-18/h1-9,14-15H,10-13,16H2. The maximum absolute atomic E-state index is 13.1. The van der Waals surface area contributed by atoms with Crippen molar-refractivity contribution in [3.8, 4) is 22.9 Å². The van der Waals surface area contributed by atoms with Crippen molar-refractivity contribution in [1.29, 1.82) is 0 Å². The summed E-state index contributed by atoms with van der Waals surface area (Å²) >= 11 is 0. The van der Waals surface area contributed by atoms with E-state index in [0.29, 0.717) is 49.1 Å². The van der Waals surface area contributed by atoms with Crippen LogP contribution in [-0.4, -0.2) is 58.7 Å². The first-order chi connectivity index (χ1) is 16.3. The Morgan fingerprint density at radius 2 is 1.73 bits per heavy atom. The number of piperazine rings is 1. The Morgan fingerprint density at radius 1 is 0.879 bits per heavy atom. The van der Waals surface area contributed by atoms with Crippen LogP contribution in [0.1, 0.15) is 10.4 Å². The highest BCUT2D eigenvalue weighted by Gasteiger charge is 2.26. The highest BCUT2D eigenvalue weighted by molar-refractivity contribution is 5.95. The summed E-state index contributed by atoms with van der Waals surface area (Å²) in [6, 6.07) is 17.2. The third-order valence-corrected chi connectivity index (χ3v) is 5.99. The lowest BCUT2D eigenvalue weighted by molar-refractivity contribution is 0.0746. The van der Waals surface area contributed by atoms with Crippen molar-refractivity contribution in [2.75, 3.05) is 37.9 Å². The Morgan fingerprint density at radius 3 is 2.58 bits per heavy atom. The van der Waals surface area contributed by atoms with Gasteiger partial charge in [-0.15, -0.1) is 0 Å². The van der Waals surface area contributed by atoms with Crippen LogP contribution < -0.4 is 14.4 Å². The molecule has 8 nitrogen and oxygen atoms in total. The predicted molar refractivity (Wildman–Crippen MR) is 123 cm³/mol. The van der Waals surface area contributed by atoms with Gasteiger partial charge in [0.1, 0.15) is 5.82 Å². The van der Waals surface area contributed by atoms with E-state index in [2.05, 4.69) is 9.88 Å². The first-order valence-electron chi connectivity index (χ1n) is 10.9. The zero-order chi connectivity index (χ0) is 22.2. The quantitative estimate of drug-likeness (QED) is 0.484. The highest BCUT2D eigenvalue weighted by Crippen LogP contribution is 2.33. The lowest BCUT2D eigenvalue weighted by Gasteiger charge is -2.36. The number of carbonyl (C=O) groups is 1. The smallest absolute Gasteiger partial charge is 0.254 e. The molecule has 4 heterocycles. The van der Waals surface area contributed by atoms with Gasteiger partial charge in [-0.3, -0.25) is 9.78 Å². The van der Waals surface area contributed by atoms with E-state index >= 15 is 0 Å². The maximum Gasteiger partial charge on any atom is 0.254 e. The number of aromatic nitrogens is 3. The highest BCUT2D eigenvalue weighted by atomic mass is 16.7. The fraction of sp³-hybridized carbons (Fsp3) is 0.200. The fourth-order valence-electron chi connectivity index (χ4n) is 4.26. The number of rotatable bonds is 3. The summed E-state index contributed by atoms with van der Waals surface area (Å²) in [5.74, 6) is 2.83. The number of benzene rings is 2. The second-order valence-corrected chi connectivity index (χ2v) is 7.98. The molecule has 6 rings (SSSR count). The van der Waals surface area contributed by atoms with Gasteiger partial charge in [0, 0.05) is 55.1 Å². The minimum atomic E-state index is -0.00320. The predicted octanol–water partition coefficient (Wildman–Crippen LogP) is 3.38. The number of amides is 1. The Labute approximate surface area is 190 Å². The molecule has 0 aliphatic carbocycles. The molecule has 33 heavy (non-hydrogen) atoms. The second kappa shape index (κ2) is 8.05. The normalized spacial score (nSPS) is 15.2. The van der Waals surface area contributed by atoms with Crippen molar-refractivity contribution in [3.63, 3.8) is 0 Å². The zero-order valence-electron chi connectivity index (χ0n) is 17.8. The van der Waals surface area contributed by atoms with E-state index in [-0.39, 0.29) is 12.7 Å². The van der Waals surface area contributed by atoms with Crippen molar-refractivity contribution >= 4 is 22.6 Å². The molecule has 1 fully saturated rings. The number of para-hydroxylation sites is 1. The van der Waals surface area contributed by atoms with Crippen molar-refractivity contribution in [3.05, 3.63) is 72.6 Å². The monoisotopic (exact) mass is 439 g/mol. The molecule has 1 amide bonds. The minimum absolute atomic E-state index is 0.00320. The van der Waals surface area contributed by atoms with Gasteiger partial charge in [-0.05, 0) is 42.5 Å². The molecular formula is C25H21N5O3. The average Bonchev–Trinajstić information content (AvgIpc) is 3.36. The van der Waals surface area contributed by atoms with Crippen molar-refractivity contribution < 1.29 is 14.3 Å². The third-order valence-electron chi connectivity index (χ3n) is 5.99. The molecule has 0 N–H and O–H groups in total. The van der Waals surface area contributed by atoms with Crippen LogP contribution in [0.15, 0.2) is 67.0 Å². The Balaban J connectivity index is 1.25. The third kappa shape index (κ3) is 3.59. The van der Waals surface area contributed by atoms with Crippen LogP contribution in [0.3, 0.4) is 0 Å². The first kappa shape index (κ1) is 19.5. The fourth-order valence-corrected chi connectivity index (χ4v) is 4.26. The number of hydrogen-bond acceptors (Lipinski definition) is 7. The van der Waals surface area contributed by atoms with E-state index in [1.54, 1.807) is 30.6 Å². The summed E-state index contributed by atoms with van der Waals surface area (Å²) in [4.78, 5) is 31.0. The van der Waals surface area contributed by atoms with E-state index in [1.165, 1.54) is 0 Å². The molecule has 2 aliphatic heterocycles. The summed E-state index contributed by atoms with van der Waals surface area (Å²) < 4.78 is 10.8. The van der Waals surface area contributed by atoms with Crippen LogP contribution in [0, 0.1) is 0 Å². The van der Waals surface area contributed by atoms with Crippen molar-refractivity contribution in [2.24, 2.45) is 0 Å². The number of anilines is 1. The largest absolute Gasteiger partial charge is 0.454 e. The van der Waals surface area contributed by atoms with E-state index < -0.39 is 0 Å². The molecule has 1 saturated heterocycles. The molecule has 0 spiro atoms. The maximum atomic E-state index is 13.1. The van der Waals surface area contributed by atoms with Gasteiger partial charge in [0.2, 0.25) is 6.79 Å². The van der Waals surface area contributed by atoms with Gasteiger partial charge in [-0.1, -0.05) is 12.1 Å². The van der Waals surface area contributed by atoms with E-state index in [1.807, 2.05) is 41.3 Å². The van der Waals surface area contributed by atoms with Gasteiger partial charge in [-0.2, -0.15) is 0 Å². The van der Waals surface area contributed by atoms with Crippen LogP contribution in [0.5, 0.6) is 11.5 Å². The zero-order valence-corrected chi connectivity index (χ0v) is 17.8. The van der Waals surface area contributed by atoms with E-state index in [9.17, 15) is 4.79 Å². The SMILES string of the molecule is O=C(c1ccc2c(c1)OCO2)N1CCN(c2nc(-c3cccnc3)nc3ccccc23)CC1. The van der Waals surface area contributed by atoms with Gasteiger partial charge < -0.3 is 19.3 Å². The van der Waals surface area contributed by atoms with Gasteiger partial charge in [0.25, 0.3) is 5.91 Å². The summed E-state index contributed by atoms with van der Waals surface area (Å²) in [6.07, 6.45) is 3.51. The molecule has 2 aromatic carbocycles. The molecule has 0 radical (unpaired) electrons. The summed E-state index contributed by atoms with van der Waals surface area (Å²) in [5.41, 5.74) is 2.38.